The number of nitrogens with one attached hydrogen (secondary N) is 3. The van der Waals surface area contributed by atoms with Gasteiger partial charge in [-0.2, -0.15) is 0 Å². The van der Waals surface area contributed by atoms with Gasteiger partial charge in [0.25, 0.3) is 11.8 Å². The number of rotatable bonds is 11. The molecular formula is C40H36ClN3O3S. The summed E-state index contributed by atoms with van der Waals surface area (Å²) in [5, 5.41) is 8.74. The molecule has 0 saturated heterocycles. The number of amides is 3. The van der Waals surface area contributed by atoms with Crippen molar-refractivity contribution in [3.63, 3.8) is 0 Å². The summed E-state index contributed by atoms with van der Waals surface area (Å²) in [6.07, 6.45) is 1.66. The molecule has 0 spiro atoms. The first-order valence-corrected chi connectivity index (χ1v) is 16.8. The summed E-state index contributed by atoms with van der Waals surface area (Å²) < 4.78 is 0. The molecule has 0 radical (unpaired) electrons. The summed E-state index contributed by atoms with van der Waals surface area (Å²) in [6.45, 7) is 6.09. The van der Waals surface area contributed by atoms with Crippen molar-refractivity contribution in [3.8, 4) is 0 Å². The maximum atomic E-state index is 13.7. The lowest BCUT2D eigenvalue weighted by atomic mass is 10.0. The molecule has 3 N–H and O–H groups in total. The summed E-state index contributed by atoms with van der Waals surface area (Å²) in [7, 11) is 0. The quantitative estimate of drug-likeness (QED) is 0.0962. The smallest absolute Gasteiger partial charge is 0.272 e. The average molecular weight is 674 g/mol. The predicted octanol–water partition coefficient (Wildman–Crippen LogP) is 9.65. The first-order chi connectivity index (χ1) is 23.2. The van der Waals surface area contributed by atoms with Crippen molar-refractivity contribution in [2.75, 3.05) is 10.6 Å². The molecule has 0 aliphatic carbocycles. The van der Waals surface area contributed by atoms with E-state index >= 15 is 0 Å². The molecule has 242 valence electrons. The van der Waals surface area contributed by atoms with Crippen molar-refractivity contribution < 1.29 is 14.4 Å². The number of thioether (sulfide) groups is 1. The Kier molecular flexibility index (Phi) is 11.5. The van der Waals surface area contributed by atoms with E-state index in [0.717, 1.165) is 21.6 Å². The second-order valence-corrected chi connectivity index (χ2v) is 13.1. The Morgan fingerprint density at radius 3 is 2.08 bits per heavy atom. The zero-order chi connectivity index (χ0) is 34.0. The summed E-state index contributed by atoms with van der Waals surface area (Å²) >= 11 is 7.67. The number of hydrogen-bond donors (Lipinski definition) is 3. The fraction of sp³-hybridized carbons (Fsp3) is 0.125. The Labute approximate surface area is 290 Å². The van der Waals surface area contributed by atoms with Crippen LogP contribution in [0.25, 0.3) is 6.08 Å². The number of halogens is 1. The molecule has 1 unspecified atom stereocenters. The molecule has 5 rings (SSSR count). The Balaban J connectivity index is 1.39. The van der Waals surface area contributed by atoms with E-state index in [9.17, 15) is 14.4 Å². The highest BCUT2D eigenvalue weighted by molar-refractivity contribution is 8.00. The Bertz CT molecular complexity index is 1930. The standard InChI is InChI=1S/C40H36ClN3O3S/c1-26(2)29-22-20-28(21-23-29)24-36(44-38(45)31-14-8-5-9-15-31)39(46)42-32-16-10-17-33(25-32)48-37(30-12-6-4-7-13-30)40(47)43-35-19-11-18-34(41)27(35)3/h4-26,37H,1-3H3,(H,42,46)(H,43,47)(H,44,45)/b36-24+. The molecule has 48 heavy (non-hydrogen) atoms. The van der Waals surface area contributed by atoms with Gasteiger partial charge >= 0.3 is 0 Å². The van der Waals surface area contributed by atoms with Crippen LogP contribution in [0.2, 0.25) is 5.02 Å². The number of carbonyl (C=O) groups excluding carboxylic acids is 3. The molecule has 8 heteroatoms. The van der Waals surface area contributed by atoms with E-state index in [0.29, 0.717) is 27.9 Å². The van der Waals surface area contributed by atoms with Gasteiger partial charge in [0.15, 0.2) is 0 Å². The topological polar surface area (TPSA) is 87.3 Å². The van der Waals surface area contributed by atoms with Gasteiger partial charge in [-0.25, -0.2) is 0 Å². The predicted molar refractivity (Wildman–Crippen MR) is 197 cm³/mol. The number of benzene rings is 5. The van der Waals surface area contributed by atoms with Crippen molar-refractivity contribution >= 4 is 58.5 Å². The second kappa shape index (κ2) is 16.1. The van der Waals surface area contributed by atoms with E-state index in [2.05, 4.69) is 29.8 Å². The molecule has 3 amide bonds. The van der Waals surface area contributed by atoms with Crippen LogP contribution in [0.15, 0.2) is 138 Å². The highest BCUT2D eigenvalue weighted by Crippen LogP contribution is 2.38. The molecular weight excluding hydrogens is 638 g/mol. The molecule has 0 heterocycles. The van der Waals surface area contributed by atoms with E-state index in [1.54, 1.807) is 48.5 Å². The van der Waals surface area contributed by atoms with Crippen LogP contribution in [0.5, 0.6) is 0 Å². The number of carbonyl (C=O) groups is 3. The fourth-order valence-electron chi connectivity index (χ4n) is 4.91. The van der Waals surface area contributed by atoms with Crippen LogP contribution in [0.3, 0.4) is 0 Å². The summed E-state index contributed by atoms with van der Waals surface area (Å²) in [4.78, 5) is 41.3. The molecule has 5 aromatic rings. The van der Waals surface area contributed by atoms with Gasteiger partial charge in [0.1, 0.15) is 10.9 Å². The number of hydrogen-bond acceptors (Lipinski definition) is 4. The van der Waals surface area contributed by atoms with Gasteiger partial charge < -0.3 is 16.0 Å². The van der Waals surface area contributed by atoms with Crippen LogP contribution in [0.1, 0.15) is 57.6 Å². The SMILES string of the molecule is Cc1c(Cl)cccc1NC(=O)C(Sc1cccc(NC(=O)/C(=C\c2ccc(C(C)C)cc2)NC(=O)c2ccccc2)c1)c1ccccc1. The van der Waals surface area contributed by atoms with E-state index in [1.807, 2.05) is 91.9 Å². The first-order valence-electron chi connectivity index (χ1n) is 15.5. The van der Waals surface area contributed by atoms with E-state index in [1.165, 1.54) is 17.3 Å². The van der Waals surface area contributed by atoms with Crippen molar-refractivity contribution in [2.24, 2.45) is 0 Å². The first kappa shape index (κ1) is 34.2. The third kappa shape index (κ3) is 9.03. The van der Waals surface area contributed by atoms with Crippen LogP contribution < -0.4 is 16.0 Å². The molecule has 0 saturated carbocycles. The second-order valence-electron chi connectivity index (χ2n) is 11.5. The van der Waals surface area contributed by atoms with Crippen molar-refractivity contribution in [1.82, 2.24) is 5.32 Å². The van der Waals surface area contributed by atoms with Gasteiger partial charge in [-0.1, -0.05) is 110 Å². The average Bonchev–Trinajstić information content (AvgIpc) is 3.10. The third-order valence-corrected chi connectivity index (χ3v) is 9.31. The highest BCUT2D eigenvalue weighted by atomic mass is 35.5. The van der Waals surface area contributed by atoms with Gasteiger partial charge in [0.2, 0.25) is 5.91 Å². The summed E-state index contributed by atoms with van der Waals surface area (Å²) in [5.74, 6) is -0.722. The molecule has 0 aliphatic rings. The largest absolute Gasteiger partial charge is 0.325 e. The minimum atomic E-state index is -0.593. The Morgan fingerprint density at radius 1 is 0.729 bits per heavy atom. The molecule has 0 bridgehead atoms. The minimum Gasteiger partial charge on any atom is -0.325 e. The maximum absolute atomic E-state index is 13.7. The van der Waals surface area contributed by atoms with Gasteiger partial charge in [-0.15, -0.1) is 11.8 Å². The fourth-order valence-corrected chi connectivity index (χ4v) is 6.17. The van der Waals surface area contributed by atoms with Crippen LogP contribution in [-0.4, -0.2) is 17.7 Å². The van der Waals surface area contributed by atoms with Crippen molar-refractivity contribution in [1.29, 1.82) is 0 Å². The van der Waals surface area contributed by atoms with Crippen molar-refractivity contribution in [2.45, 2.75) is 36.8 Å². The molecule has 0 aromatic heterocycles. The van der Waals surface area contributed by atoms with Crippen LogP contribution in [-0.2, 0) is 9.59 Å². The lowest BCUT2D eigenvalue weighted by Crippen LogP contribution is -2.30. The monoisotopic (exact) mass is 673 g/mol. The Hall–Kier alpha value is -5.11. The zero-order valence-corrected chi connectivity index (χ0v) is 28.4. The normalized spacial score (nSPS) is 11.9. The lowest BCUT2D eigenvalue weighted by molar-refractivity contribution is -0.116. The lowest BCUT2D eigenvalue weighted by Gasteiger charge is -2.19. The Morgan fingerprint density at radius 2 is 1.40 bits per heavy atom. The van der Waals surface area contributed by atoms with E-state index < -0.39 is 17.1 Å². The molecule has 0 fully saturated rings. The van der Waals surface area contributed by atoms with Crippen LogP contribution >= 0.6 is 23.4 Å². The van der Waals surface area contributed by atoms with Gasteiger partial charge in [-0.3, -0.25) is 14.4 Å². The van der Waals surface area contributed by atoms with Gasteiger partial charge in [-0.05, 0) is 83.6 Å². The third-order valence-electron chi connectivity index (χ3n) is 7.65. The van der Waals surface area contributed by atoms with Crippen LogP contribution in [0, 0.1) is 6.92 Å². The van der Waals surface area contributed by atoms with Gasteiger partial charge in [0.05, 0.1) is 0 Å². The minimum absolute atomic E-state index is 0.0950. The summed E-state index contributed by atoms with van der Waals surface area (Å²) in [5.41, 5.74) is 5.24. The van der Waals surface area contributed by atoms with Crippen molar-refractivity contribution in [3.05, 3.63) is 166 Å². The van der Waals surface area contributed by atoms with E-state index in [4.69, 9.17) is 11.6 Å². The van der Waals surface area contributed by atoms with Gasteiger partial charge in [0, 0.05) is 26.9 Å². The maximum Gasteiger partial charge on any atom is 0.272 e. The molecule has 6 nitrogen and oxygen atoms in total. The van der Waals surface area contributed by atoms with Crippen LogP contribution in [0.4, 0.5) is 11.4 Å². The van der Waals surface area contributed by atoms with E-state index in [-0.39, 0.29) is 11.6 Å². The molecule has 0 aliphatic heterocycles. The summed E-state index contributed by atoms with van der Waals surface area (Å²) in [6, 6.07) is 38.8. The number of anilines is 2. The zero-order valence-electron chi connectivity index (χ0n) is 26.9. The molecule has 5 aromatic carbocycles. The molecule has 1 atom stereocenters. The highest BCUT2D eigenvalue weighted by Gasteiger charge is 2.23.